The van der Waals surface area contributed by atoms with Gasteiger partial charge in [-0.05, 0) is 43.4 Å². The van der Waals surface area contributed by atoms with E-state index in [2.05, 4.69) is 0 Å². The highest BCUT2D eigenvalue weighted by molar-refractivity contribution is 7.89. The van der Waals surface area contributed by atoms with Crippen LogP contribution in [0.15, 0.2) is 24.3 Å². The minimum atomic E-state index is -3.14. The van der Waals surface area contributed by atoms with Gasteiger partial charge in [-0.3, -0.25) is 0 Å². The van der Waals surface area contributed by atoms with E-state index >= 15 is 0 Å². The number of hydrogen-bond donors (Lipinski definition) is 1. The molecule has 0 aliphatic carbocycles. The van der Waals surface area contributed by atoms with Crippen molar-refractivity contribution in [3.63, 3.8) is 0 Å². The molecule has 5 nitrogen and oxygen atoms in total. The molecule has 0 unspecified atom stereocenters. The second kappa shape index (κ2) is 5.93. The van der Waals surface area contributed by atoms with Gasteiger partial charge in [0.05, 0.1) is 11.3 Å². The highest BCUT2D eigenvalue weighted by Gasteiger charge is 2.28. The minimum absolute atomic E-state index is 0.123. The first kappa shape index (κ1) is 15.0. The van der Waals surface area contributed by atoms with Crippen molar-refractivity contribution in [3.05, 3.63) is 35.4 Å². The molecule has 1 aromatic rings. The maximum Gasteiger partial charge on any atom is 0.335 e. The summed E-state index contributed by atoms with van der Waals surface area (Å²) in [6.45, 7) is 2.73. The zero-order valence-electron chi connectivity index (χ0n) is 11.4. The lowest BCUT2D eigenvalue weighted by Crippen LogP contribution is -2.39. The number of nitrogens with zero attached hydrogens (tertiary/aromatic N) is 1. The summed E-state index contributed by atoms with van der Waals surface area (Å²) >= 11 is 0. The second-order valence-corrected chi connectivity index (χ2v) is 7.28. The quantitative estimate of drug-likeness (QED) is 0.921. The number of piperidine rings is 1. The lowest BCUT2D eigenvalue weighted by atomic mass is 9.91. The van der Waals surface area contributed by atoms with Crippen LogP contribution < -0.4 is 0 Å². The molecule has 0 spiro atoms. The average Bonchev–Trinajstić information content (AvgIpc) is 2.47. The van der Waals surface area contributed by atoms with Gasteiger partial charge in [-0.2, -0.15) is 0 Å². The van der Waals surface area contributed by atoms with Crippen LogP contribution in [-0.4, -0.2) is 42.6 Å². The fourth-order valence-electron chi connectivity index (χ4n) is 2.55. The topological polar surface area (TPSA) is 74.7 Å². The first-order valence-corrected chi connectivity index (χ1v) is 8.36. The van der Waals surface area contributed by atoms with Crippen molar-refractivity contribution < 1.29 is 18.3 Å². The van der Waals surface area contributed by atoms with E-state index in [1.165, 1.54) is 0 Å². The molecule has 0 bridgehead atoms. The van der Waals surface area contributed by atoms with Crippen LogP contribution in [0.25, 0.3) is 0 Å². The number of carboxylic acid groups (broad SMARTS) is 1. The SMILES string of the molecule is CCS(=O)(=O)N1CCC[C@@H](c2ccc(C(=O)O)cc2)C1. The number of aromatic carboxylic acids is 1. The zero-order valence-corrected chi connectivity index (χ0v) is 12.3. The molecule has 1 saturated heterocycles. The van der Waals surface area contributed by atoms with E-state index in [1.54, 1.807) is 35.5 Å². The van der Waals surface area contributed by atoms with Crippen molar-refractivity contribution in [2.24, 2.45) is 0 Å². The van der Waals surface area contributed by atoms with Gasteiger partial charge >= 0.3 is 5.97 Å². The third kappa shape index (κ3) is 3.19. The number of carbonyl (C=O) groups is 1. The van der Waals surface area contributed by atoms with E-state index in [0.717, 1.165) is 18.4 Å². The third-order valence-electron chi connectivity index (χ3n) is 3.77. The lowest BCUT2D eigenvalue weighted by Gasteiger charge is -2.32. The van der Waals surface area contributed by atoms with Crippen LogP contribution in [-0.2, 0) is 10.0 Å². The summed E-state index contributed by atoms with van der Waals surface area (Å²) in [6, 6.07) is 6.72. The molecule has 0 radical (unpaired) electrons. The minimum Gasteiger partial charge on any atom is -0.478 e. The van der Waals surface area contributed by atoms with Crippen molar-refractivity contribution in [2.75, 3.05) is 18.8 Å². The molecular formula is C14H19NO4S. The Morgan fingerprint density at radius 2 is 2.00 bits per heavy atom. The smallest absolute Gasteiger partial charge is 0.335 e. The van der Waals surface area contributed by atoms with Gasteiger partial charge in [-0.15, -0.1) is 0 Å². The van der Waals surface area contributed by atoms with Gasteiger partial charge in [0.1, 0.15) is 0 Å². The van der Waals surface area contributed by atoms with E-state index in [-0.39, 0.29) is 17.2 Å². The van der Waals surface area contributed by atoms with Gasteiger partial charge in [-0.25, -0.2) is 17.5 Å². The van der Waals surface area contributed by atoms with Gasteiger partial charge < -0.3 is 5.11 Å². The van der Waals surface area contributed by atoms with Gasteiger partial charge in [0, 0.05) is 13.1 Å². The predicted molar refractivity (Wildman–Crippen MR) is 76.4 cm³/mol. The summed E-state index contributed by atoms with van der Waals surface area (Å²) < 4.78 is 25.4. The molecule has 1 N–H and O–H groups in total. The summed E-state index contributed by atoms with van der Waals surface area (Å²) in [7, 11) is -3.14. The van der Waals surface area contributed by atoms with Gasteiger partial charge in [0.2, 0.25) is 10.0 Å². The predicted octanol–water partition coefficient (Wildman–Crippen LogP) is 1.91. The number of benzene rings is 1. The molecule has 1 aliphatic rings. The first-order chi connectivity index (χ1) is 9.44. The van der Waals surface area contributed by atoms with E-state index in [1.807, 2.05) is 0 Å². The maximum absolute atomic E-state index is 11.9. The van der Waals surface area contributed by atoms with Gasteiger partial charge in [-0.1, -0.05) is 12.1 Å². The Hall–Kier alpha value is -1.40. The Labute approximate surface area is 119 Å². The van der Waals surface area contributed by atoms with E-state index < -0.39 is 16.0 Å². The highest BCUT2D eigenvalue weighted by atomic mass is 32.2. The average molecular weight is 297 g/mol. The molecule has 1 heterocycles. The number of carboxylic acids is 1. The van der Waals surface area contributed by atoms with E-state index in [9.17, 15) is 13.2 Å². The largest absolute Gasteiger partial charge is 0.478 e. The second-order valence-electron chi connectivity index (χ2n) is 5.02. The molecule has 0 saturated carbocycles. The van der Waals surface area contributed by atoms with Crippen LogP contribution in [0.1, 0.15) is 41.6 Å². The third-order valence-corrected chi connectivity index (χ3v) is 5.62. The summed E-state index contributed by atoms with van der Waals surface area (Å²) in [5.74, 6) is -0.680. The van der Waals surface area contributed by atoms with Crippen molar-refractivity contribution in [1.29, 1.82) is 0 Å². The van der Waals surface area contributed by atoms with Gasteiger partial charge in [0.15, 0.2) is 0 Å². The zero-order chi connectivity index (χ0) is 14.8. The van der Waals surface area contributed by atoms with Crippen LogP contribution in [0.2, 0.25) is 0 Å². The summed E-state index contributed by atoms with van der Waals surface area (Å²) in [5.41, 5.74) is 1.26. The van der Waals surface area contributed by atoms with Crippen LogP contribution in [0.3, 0.4) is 0 Å². The van der Waals surface area contributed by atoms with Crippen molar-refractivity contribution >= 4 is 16.0 Å². The normalized spacial score (nSPS) is 20.8. The van der Waals surface area contributed by atoms with E-state index in [4.69, 9.17) is 5.11 Å². The Morgan fingerprint density at radius 3 is 2.55 bits per heavy atom. The molecule has 0 aromatic heterocycles. The molecular weight excluding hydrogens is 278 g/mol. The molecule has 1 aromatic carbocycles. The molecule has 2 rings (SSSR count). The Kier molecular flexibility index (Phi) is 4.45. The van der Waals surface area contributed by atoms with Gasteiger partial charge in [0.25, 0.3) is 0 Å². The fourth-order valence-corrected chi connectivity index (χ4v) is 3.73. The number of sulfonamides is 1. The molecule has 1 fully saturated rings. The molecule has 0 amide bonds. The monoisotopic (exact) mass is 297 g/mol. The van der Waals surface area contributed by atoms with Crippen LogP contribution in [0, 0.1) is 0 Å². The maximum atomic E-state index is 11.9. The van der Waals surface area contributed by atoms with Crippen LogP contribution in [0.4, 0.5) is 0 Å². The Morgan fingerprint density at radius 1 is 1.35 bits per heavy atom. The molecule has 1 atom stereocenters. The Bertz CT molecular complexity index is 580. The standard InChI is InChI=1S/C14H19NO4S/c1-2-20(18,19)15-9-3-4-13(10-15)11-5-7-12(8-6-11)14(16)17/h5-8,13H,2-4,9-10H2,1H3,(H,16,17)/t13-/m1/s1. The molecule has 6 heteroatoms. The summed E-state index contributed by atoms with van der Waals surface area (Å²) in [4.78, 5) is 10.8. The van der Waals surface area contributed by atoms with Crippen LogP contribution in [0.5, 0.6) is 0 Å². The van der Waals surface area contributed by atoms with Crippen molar-refractivity contribution in [3.8, 4) is 0 Å². The lowest BCUT2D eigenvalue weighted by molar-refractivity contribution is 0.0697. The Balaban J connectivity index is 2.15. The number of hydrogen-bond acceptors (Lipinski definition) is 3. The first-order valence-electron chi connectivity index (χ1n) is 6.75. The molecule has 110 valence electrons. The van der Waals surface area contributed by atoms with Crippen molar-refractivity contribution in [2.45, 2.75) is 25.7 Å². The van der Waals surface area contributed by atoms with E-state index in [0.29, 0.717) is 13.1 Å². The summed E-state index contributed by atoms with van der Waals surface area (Å²) in [6.07, 6.45) is 1.77. The summed E-state index contributed by atoms with van der Waals surface area (Å²) in [5, 5.41) is 8.88. The molecule has 1 aliphatic heterocycles. The molecule has 20 heavy (non-hydrogen) atoms. The fraction of sp³-hybridized carbons (Fsp3) is 0.500. The highest BCUT2D eigenvalue weighted by Crippen LogP contribution is 2.28. The van der Waals surface area contributed by atoms with Crippen LogP contribution >= 0.6 is 0 Å². The number of rotatable bonds is 4. The van der Waals surface area contributed by atoms with Crippen molar-refractivity contribution in [1.82, 2.24) is 4.31 Å².